The largest absolute Gasteiger partial charge is 0.462 e. The number of hydrogen-bond acceptors (Lipinski definition) is 5. The lowest BCUT2D eigenvalue weighted by molar-refractivity contribution is -0.135. The summed E-state index contributed by atoms with van der Waals surface area (Å²) in [6.07, 6.45) is 2.04. The molecule has 2 heterocycles. The van der Waals surface area contributed by atoms with Crippen molar-refractivity contribution < 1.29 is 9.53 Å². The molecule has 0 atom stereocenters. The predicted molar refractivity (Wildman–Crippen MR) is 48.3 cm³/mol. The smallest absolute Gasteiger partial charge is 0.335 e. The number of rotatable bonds is 2. The molecule has 1 aliphatic heterocycles. The Labute approximate surface area is 80.4 Å². The van der Waals surface area contributed by atoms with Crippen LogP contribution in [0.25, 0.3) is 0 Å². The molecular weight excluding hydrogens is 184 g/mol. The Morgan fingerprint density at radius 3 is 3.14 bits per heavy atom. The van der Waals surface area contributed by atoms with Crippen molar-refractivity contribution in [2.24, 2.45) is 0 Å². The van der Waals surface area contributed by atoms with E-state index in [1.807, 2.05) is 6.92 Å². The van der Waals surface area contributed by atoms with E-state index in [4.69, 9.17) is 4.74 Å². The second kappa shape index (κ2) is 3.49. The number of aromatic nitrogens is 3. The van der Waals surface area contributed by atoms with Crippen molar-refractivity contribution in [2.75, 3.05) is 11.9 Å². The van der Waals surface area contributed by atoms with Gasteiger partial charge >= 0.3 is 5.97 Å². The first-order valence-corrected chi connectivity index (χ1v) is 4.26. The second-order valence-corrected chi connectivity index (χ2v) is 2.95. The molecule has 0 aromatic carbocycles. The van der Waals surface area contributed by atoms with E-state index in [0.29, 0.717) is 24.5 Å². The number of ether oxygens (including phenoxy) is 1. The van der Waals surface area contributed by atoms with E-state index in [2.05, 4.69) is 20.5 Å². The fourth-order valence-corrected chi connectivity index (χ4v) is 1.29. The molecule has 1 aliphatic rings. The van der Waals surface area contributed by atoms with E-state index in [1.165, 1.54) is 6.33 Å². The number of aromatic amines is 1. The third kappa shape index (κ3) is 1.59. The highest BCUT2D eigenvalue weighted by atomic mass is 16.5. The molecule has 1 saturated heterocycles. The second-order valence-electron chi connectivity index (χ2n) is 2.95. The van der Waals surface area contributed by atoms with Crippen LogP contribution >= 0.6 is 0 Å². The topological polar surface area (TPSA) is 79.9 Å². The highest BCUT2D eigenvalue weighted by Gasteiger charge is 2.21. The van der Waals surface area contributed by atoms with Crippen molar-refractivity contribution in [3.05, 3.63) is 17.6 Å². The van der Waals surface area contributed by atoms with Crippen LogP contribution in [-0.2, 0) is 9.53 Å². The average Bonchev–Trinajstić information content (AvgIpc) is 2.75. The van der Waals surface area contributed by atoms with E-state index in [0.717, 1.165) is 5.70 Å². The van der Waals surface area contributed by atoms with Crippen molar-refractivity contribution in [3.63, 3.8) is 0 Å². The van der Waals surface area contributed by atoms with Gasteiger partial charge in [0.25, 0.3) is 0 Å². The Hall–Kier alpha value is -1.85. The minimum Gasteiger partial charge on any atom is -0.462 e. The Bertz CT molecular complexity index is 369. The molecule has 0 amide bonds. The number of carbonyl (C=O) groups excluding carboxylic acids is 1. The standard InChI is InChI=1S/C8H10N4O2/c1-5(6-2-3-14-7(6)13)11-8-9-4-10-12-8/h4H,2-3H2,1H3,(H2,9,10,11,12)/b6-5+. The number of esters is 1. The summed E-state index contributed by atoms with van der Waals surface area (Å²) in [4.78, 5) is 15.1. The first kappa shape index (κ1) is 8.74. The summed E-state index contributed by atoms with van der Waals surface area (Å²) in [6, 6.07) is 0. The van der Waals surface area contributed by atoms with Gasteiger partial charge < -0.3 is 10.1 Å². The molecule has 1 aromatic heterocycles. The number of H-pyrrole nitrogens is 1. The molecule has 2 N–H and O–H groups in total. The highest BCUT2D eigenvalue weighted by Crippen LogP contribution is 2.17. The van der Waals surface area contributed by atoms with Crippen molar-refractivity contribution in [1.82, 2.24) is 15.2 Å². The Morgan fingerprint density at radius 1 is 1.71 bits per heavy atom. The van der Waals surface area contributed by atoms with Crippen LogP contribution in [0.1, 0.15) is 13.3 Å². The molecule has 6 nitrogen and oxygen atoms in total. The lowest BCUT2D eigenvalue weighted by Gasteiger charge is -2.03. The zero-order valence-electron chi connectivity index (χ0n) is 7.70. The van der Waals surface area contributed by atoms with Crippen LogP contribution in [0.15, 0.2) is 17.6 Å². The van der Waals surface area contributed by atoms with Crippen LogP contribution in [-0.4, -0.2) is 27.8 Å². The molecule has 2 rings (SSSR count). The van der Waals surface area contributed by atoms with Gasteiger partial charge in [-0.3, -0.25) is 0 Å². The van der Waals surface area contributed by atoms with Crippen molar-refractivity contribution in [3.8, 4) is 0 Å². The fraction of sp³-hybridized carbons (Fsp3) is 0.375. The Balaban J connectivity index is 2.15. The minimum absolute atomic E-state index is 0.255. The summed E-state index contributed by atoms with van der Waals surface area (Å²) in [7, 11) is 0. The molecule has 1 aromatic rings. The van der Waals surface area contributed by atoms with Crippen molar-refractivity contribution >= 4 is 11.9 Å². The molecule has 0 radical (unpaired) electrons. The molecule has 0 spiro atoms. The van der Waals surface area contributed by atoms with Crippen LogP contribution in [0.5, 0.6) is 0 Å². The van der Waals surface area contributed by atoms with E-state index >= 15 is 0 Å². The van der Waals surface area contributed by atoms with E-state index in [-0.39, 0.29) is 5.97 Å². The molecule has 6 heteroatoms. The molecule has 0 bridgehead atoms. The number of allylic oxidation sites excluding steroid dienone is 1. The summed E-state index contributed by atoms with van der Waals surface area (Å²) in [5.41, 5.74) is 1.42. The third-order valence-electron chi connectivity index (χ3n) is 2.01. The molecule has 0 unspecified atom stereocenters. The SMILES string of the molecule is C/C(Nc1ncn[nH]1)=C1/CCOC1=O. The van der Waals surface area contributed by atoms with Gasteiger partial charge in [-0.15, -0.1) is 0 Å². The van der Waals surface area contributed by atoms with Gasteiger partial charge in [-0.1, -0.05) is 0 Å². The van der Waals surface area contributed by atoms with Gasteiger partial charge in [-0.05, 0) is 6.92 Å². The van der Waals surface area contributed by atoms with E-state index in [9.17, 15) is 4.79 Å². The van der Waals surface area contributed by atoms with Crippen LogP contribution in [0.2, 0.25) is 0 Å². The summed E-state index contributed by atoms with van der Waals surface area (Å²) in [6.45, 7) is 2.27. The van der Waals surface area contributed by atoms with Crippen LogP contribution in [0, 0.1) is 0 Å². The maximum Gasteiger partial charge on any atom is 0.335 e. The number of carbonyl (C=O) groups is 1. The molecule has 0 saturated carbocycles. The first-order chi connectivity index (χ1) is 6.77. The predicted octanol–water partition coefficient (Wildman–Crippen LogP) is 0.437. The zero-order valence-corrected chi connectivity index (χ0v) is 7.70. The molecule has 74 valence electrons. The number of anilines is 1. The number of nitrogens with zero attached hydrogens (tertiary/aromatic N) is 2. The molecule has 1 fully saturated rings. The monoisotopic (exact) mass is 194 g/mol. The van der Waals surface area contributed by atoms with E-state index in [1.54, 1.807) is 0 Å². The van der Waals surface area contributed by atoms with Crippen molar-refractivity contribution in [1.29, 1.82) is 0 Å². The zero-order chi connectivity index (χ0) is 9.97. The van der Waals surface area contributed by atoms with Crippen LogP contribution in [0.4, 0.5) is 5.95 Å². The maximum absolute atomic E-state index is 11.2. The van der Waals surface area contributed by atoms with Gasteiger partial charge in [0.15, 0.2) is 0 Å². The first-order valence-electron chi connectivity index (χ1n) is 4.26. The highest BCUT2D eigenvalue weighted by molar-refractivity contribution is 5.91. The number of nitrogens with one attached hydrogen (secondary N) is 2. The molecule has 0 aliphatic carbocycles. The average molecular weight is 194 g/mol. The lowest BCUT2D eigenvalue weighted by atomic mass is 10.2. The van der Waals surface area contributed by atoms with Gasteiger partial charge in [-0.25, -0.2) is 9.89 Å². The van der Waals surface area contributed by atoms with Gasteiger partial charge in [0.1, 0.15) is 6.33 Å². The van der Waals surface area contributed by atoms with Crippen LogP contribution in [0.3, 0.4) is 0 Å². The molecule has 14 heavy (non-hydrogen) atoms. The van der Waals surface area contributed by atoms with Crippen molar-refractivity contribution in [2.45, 2.75) is 13.3 Å². The number of hydrogen-bond donors (Lipinski definition) is 2. The summed E-state index contributed by atoms with van der Waals surface area (Å²) < 4.78 is 4.82. The maximum atomic E-state index is 11.2. The van der Waals surface area contributed by atoms with Gasteiger partial charge in [0, 0.05) is 12.1 Å². The van der Waals surface area contributed by atoms with Gasteiger partial charge in [-0.2, -0.15) is 10.1 Å². The van der Waals surface area contributed by atoms with Gasteiger partial charge in [0.05, 0.1) is 12.2 Å². The normalized spacial score (nSPS) is 19.4. The summed E-state index contributed by atoms with van der Waals surface area (Å²) in [5.74, 6) is 0.268. The quantitative estimate of drug-likeness (QED) is 0.527. The van der Waals surface area contributed by atoms with Crippen LogP contribution < -0.4 is 5.32 Å². The summed E-state index contributed by atoms with van der Waals surface area (Å²) in [5, 5.41) is 9.28. The lowest BCUT2D eigenvalue weighted by Crippen LogP contribution is -2.05. The minimum atomic E-state index is -0.255. The fourth-order valence-electron chi connectivity index (χ4n) is 1.29. The Morgan fingerprint density at radius 2 is 2.57 bits per heavy atom. The third-order valence-corrected chi connectivity index (χ3v) is 2.01. The van der Waals surface area contributed by atoms with Gasteiger partial charge in [0.2, 0.25) is 5.95 Å². The number of cyclic esters (lactones) is 1. The van der Waals surface area contributed by atoms with E-state index < -0.39 is 0 Å². The summed E-state index contributed by atoms with van der Waals surface area (Å²) >= 11 is 0. The Kier molecular flexibility index (Phi) is 2.18. The molecular formula is C8H10N4O2.